The fourth-order valence-corrected chi connectivity index (χ4v) is 1.66. The Morgan fingerprint density at radius 3 is 2.61 bits per heavy atom. The minimum Gasteiger partial charge on any atom is -0.399 e. The number of anilines is 2. The molecule has 0 aliphatic rings. The lowest BCUT2D eigenvalue weighted by atomic mass is 10.1. The van der Waals surface area contributed by atoms with Crippen molar-refractivity contribution in [3.8, 4) is 0 Å². The molecule has 4 heteroatoms. The first-order valence-corrected chi connectivity index (χ1v) is 5.60. The standard InChI is InChI=1S/C14H14F2N2/c1-9-6-12(3-5-14(9)17)18-8-10-7-11(15)2-4-13(10)16/h2-7,18H,8,17H2,1H3. The molecule has 2 rings (SSSR count). The Labute approximate surface area is 104 Å². The summed E-state index contributed by atoms with van der Waals surface area (Å²) in [5.74, 6) is -0.863. The maximum atomic E-state index is 13.4. The van der Waals surface area contributed by atoms with Crippen molar-refractivity contribution in [3.63, 3.8) is 0 Å². The van der Waals surface area contributed by atoms with Gasteiger partial charge in [0.1, 0.15) is 11.6 Å². The molecule has 0 aliphatic heterocycles. The zero-order valence-corrected chi connectivity index (χ0v) is 10.0. The van der Waals surface area contributed by atoms with Gasteiger partial charge in [0.25, 0.3) is 0 Å². The van der Waals surface area contributed by atoms with Crippen molar-refractivity contribution in [1.82, 2.24) is 0 Å². The van der Waals surface area contributed by atoms with Crippen molar-refractivity contribution < 1.29 is 8.78 Å². The molecule has 0 aromatic heterocycles. The zero-order valence-electron chi connectivity index (χ0n) is 10.0. The van der Waals surface area contributed by atoms with Crippen LogP contribution in [-0.2, 0) is 6.54 Å². The molecule has 0 saturated carbocycles. The fraction of sp³-hybridized carbons (Fsp3) is 0.143. The molecule has 0 bridgehead atoms. The van der Waals surface area contributed by atoms with E-state index in [9.17, 15) is 8.78 Å². The second-order valence-corrected chi connectivity index (χ2v) is 4.16. The summed E-state index contributed by atoms with van der Waals surface area (Å²) in [7, 11) is 0. The van der Waals surface area contributed by atoms with Gasteiger partial charge in [-0.15, -0.1) is 0 Å². The highest BCUT2D eigenvalue weighted by atomic mass is 19.1. The molecule has 2 nitrogen and oxygen atoms in total. The van der Waals surface area contributed by atoms with Crippen molar-refractivity contribution in [1.29, 1.82) is 0 Å². The van der Waals surface area contributed by atoms with Crippen molar-refractivity contribution >= 4 is 11.4 Å². The highest BCUT2D eigenvalue weighted by Crippen LogP contribution is 2.18. The first kappa shape index (κ1) is 12.4. The lowest BCUT2D eigenvalue weighted by Crippen LogP contribution is -2.03. The van der Waals surface area contributed by atoms with Crippen molar-refractivity contribution in [3.05, 3.63) is 59.2 Å². The summed E-state index contributed by atoms with van der Waals surface area (Å²) < 4.78 is 26.4. The van der Waals surface area contributed by atoms with Gasteiger partial charge in [-0.2, -0.15) is 0 Å². The van der Waals surface area contributed by atoms with Crippen LogP contribution in [-0.4, -0.2) is 0 Å². The maximum absolute atomic E-state index is 13.4. The third kappa shape index (κ3) is 2.77. The van der Waals surface area contributed by atoms with Gasteiger partial charge in [0, 0.05) is 23.5 Å². The Balaban J connectivity index is 2.11. The van der Waals surface area contributed by atoms with Gasteiger partial charge in [0.05, 0.1) is 0 Å². The van der Waals surface area contributed by atoms with Crippen LogP contribution < -0.4 is 11.1 Å². The molecular formula is C14H14F2N2. The molecule has 0 spiro atoms. The van der Waals surface area contributed by atoms with Crippen LogP contribution in [0.5, 0.6) is 0 Å². The summed E-state index contributed by atoms with van der Waals surface area (Å²) in [6.07, 6.45) is 0. The quantitative estimate of drug-likeness (QED) is 0.816. The van der Waals surface area contributed by atoms with E-state index in [1.54, 1.807) is 12.1 Å². The Morgan fingerprint density at radius 1 is 1.11 bits per heavy atom. The topological polar surface area (TPSA) is 38.0 Å². The van der Waals surface area contributed by atoms with Gasteiger partial charge in [0.15, 0.2) is 0 Å². The number of rotatable bonds is 3. The Hall–Kier alpha value is -2.10. The van der Waals surface area contributed by atoms with Crippen LogP contribution in [0.2, 0.25) is 0 Å². The summed E-state index contributed by atoms with van der Waals surface area (Å²) in [4.78, 5) is 0. The molecule has 3 N–H and O–H groups in total. The molecule has 0 unspecified atom stereocenters. The molecule has 0 saturated heterocycles. The van der Waals surface area contributed by atoms with Gasteiger partial charge in [0.2, 0.25) is 0 Å². The van der Waals surface area contributed by atoms with Gasteiger partial charge >= 0.3 is 0 Å². The first-order valence-electron chi connectivity index (χ1n) is 5.60. The molecule has 0 heterocycles. The van der Waals surface area contributed by atoms with E-state index in [0.29, 0.717) is 11.3 Å². The first-order chi connectivity index (χ1) is 8.56. The number of hydrogen-bond acceptors (Lipinski definition) is 2. The van der Waals surface area contributed by atoms with E-state index in [2.05, 4.69) is 5.32 Å². The number of hydrogen-bond donors (Lipinski definition) is 2. The lowest BCUT2D eigenvalue weighted by molar-refractivity contribution is 0.587. The van der Waals surface area contributed by atoms with Gasteiger partial charge in [-0.05, 0) is 48.9 Å². The second kappa shape index (κ2) is 5.04. The molecule has 0 aliphatic carbocycles. The van der Waals surface area contributed by atoms with Gasteiger partial charge in [-0.25, -0.2) is 8.78 Å². The van der Waals surface area contributed by atoms with Crippen LogP contribution >= 0.6 is 0 Å². The smallest absolute Gasteiger partial charge is 0.128 e. The van der Waals surface area contributed by atoms with E-state index in [0.717, 1.165) is 23.4 Å². The van der Waals surface area contributed by atoms with Crippen LogP contribution in [0.3, 0.4) is 0 Å². The van der Waals surface area contributed by atoms with Crippen LogP contribution in [0, 0.1) is 18.6 Å². The molecule has 94 valence electrons. The SMILES string of the molecule is Cc1cc(NCc2cc(F)ccc2F)ccc1N. The number of nitrogens with one attached hydrogen (secondary N) is 1. The molecule has 18 heavy (non-hydrogen) atoms. The number of aryl methyl sites for hydroxylation is 1. The van der Waals surface area contributed by atoms with Gasteiger partial charge < -0.3 is 11.1 Å². The normalized spacial score (nSPS) is 10.4. The Morgan fingerprint density at radius 2 is 1.89 bits per heavy atom. The minimum atomic E-state index is -0.443. The third-order valence-corrected chi connectivity index (χ3v) is 2.76. The van der Waals surface area contributed by atoms with Crippen LogP contribution in [0.25, 0.3) is 0 Å². The van der Waals surface area contributed by atoms with Crippen molar-refractivity contribution in [2.45, 2.75) is 13.5 Å². The molecule has 0 radical (unpaired) electrons. The van der Waals surface area contributed by atoms with E-state index in [1.165, 1.54) is 6.07 Å². The fourth-order valence-electron chi connectivity index (χ4n) is 1.66. The molecular weight excluding hydrogens is 234 g/mol. The molecule has 0 atom stereocenters. The largest absolute Gasteiger partial charge is 0.399 e. The Bertz CT molecular complexity index is 568. The summed E-state index contributed by atoms with van der Waals surface area (Å²) in [5, 5.41) is 3.03. The van der Waals surface area contributed by atoms with Gasteiger partial charge in [-0.1, -0.05) is 0 Å². The monoisotopic (exact) mass is 248 g/mol. The van der Waals surface area contributed by atoms with E-state index in [1.807, 2.05) is 13.0 Å². The number of benzene rings is 2. The highest BCUT2D eigenvalue weighted by molar-refractivity contribution is 5.56. The third-order valence-electron chi connectivity index (χ3n) is 2.76. The van der Waals surface area contributed by atoms with Crippen LogP contribution in [0.1, 0.15) is 11.1 Å². The predicted molar refractivity (Wildman–Crippen MR) is 69.3 cm³/mol. The number of nitrogen functional groups attached to an aromatic ring is 1. The molecule has 2 aromatic carbocycles. The maximum Gasteiger partial charge on any atom is 0.128 e. The van der Waals surface area contributed by atoms with Gasteiger partial charge in [-0.3, -0.25) is 0 Å². The van der Waals surface area contributed by atoms with Crippen LogP contribution in [0.15, 0.2) is 36.4 Å². The Kier molecular flexibility index (Phi) is 3.46. The zero-order chi connectivity index (χ0) is 13.1. The summed E-state index contributed by atoms with van der Waals surface area (Å²) in [6, 6.07) is 8.87. The number of halogens is 2. The van der Waals surface area contributed by atoms with Crippen molar-refractivity contribution in [2.24, 2.45) is 0 Å². The predicted octanol–water partition coefficient (Wildman–Crippen LogP) is 3.47. The summed E-state index contributed by atoms with van der Waals surface area (Å²) in [6.45, 7) is 2.12. The molecule has 0 fully saturated rings. The van der Waals surface area contributed by atoms with Crippen LogP contribution in [0.4, 0.5) is 20.2 Å². The van der Waals surface area contributed by atoms with E-state index in [-0.39, 0.29) is 6.54 Å². The molecule has 2 aromatic rings. The molecule has 0 amide bonds. The summed E-state index contributed by atoms with van der Waals surface area (Å²) >= 11 is 0. The minimum absolute atomic E-state index is 0.229. The number of nitrogens with two attached hydrogens (primary N) is 1. The van der Waals surface area contributed by atoms with Crippen molar-refractivity contribution in [2.75, 3.05) is 11.1 Å². The highest BCUT2D eigenvalue weighted by Gasteiger charge is 2.04. The lowest BCUT2D eigenvalue weighted by Gasteiger charge is -2.09. The second-order valence-electron chi connectivity index (χ2n) is 4.16. The average molecular weight is 248 g/mol. The summed E-state index contributed by atoms with van der Waals surface area (Å²) in [5.41, 5.74) is 8.47. The van der Waals surface area contributed by atoms with E-state index < -0.39 is 11.6 Å². The van der Waals surface area contributed by atoms with E-state index >= 15 is 0 Å². The average Bonchev–Trinajstić information content (AvgIpc) is 2.34. The van der Waals surface area contributed by atoms with E-state index in [4.69, 9.17) is 5.73 Å².